The molecular weight excluding hydrogens is 660 g/mol. The van der Waals surface area contributed by atoms with Gasteiger partial charge in [0.25, 0.3) is 23.6 Å². The van der Waals surface area contributed by atoms with Gasteiger partial charge in [0, 0.05) is 61.6 Å². The summed E-state index contributed by atoms with van der Waals surface area (Å²) >= 11 is 5.98. The van der Waals surface area contributed by atoms with Crippen LogP contribution in [0.15, 0.2) is 84.9 Å². The van der Waals surface area contributed by atoms with Crippen molar-refractivity contribution in [3.8, 4) is 17.6 Å². The molecule has 0 aromatic heterocycles. The Morgan fingerprint density at radius 2 is 1.30 bits per heavy atom. The second-order valence-corrected chi connectivity index (χ2v) is 11.1. The van der Waals surface area contributed by atoms with Gasteiger partial charge in [0.15, 0.2) is 13.2 Å². The van der Waals surface area contributed by atoms with Crippen LogP contribution in [0.2, 0.25) is 5.02 Å². The van der Waals surface area contributed by atoms with Crippen LogP contribution in [0.3, 0.4) is 0 Å². The lowest BCUT2D eigenvalue weighted by Gasteiger charge is -2.14. The van der Waals surface area contributed by atoms with Gasteiger partial charge in [-0.2, -0.15) is 5.26 Å². The number of halogens is 1. The van der Waals surface area contributed by atoms with E-state index in [4.69, 9.17) is 26.3 Å². The highest BCUT2D eigenvalue weighted by atomic mass is 35.5. The van der Waals surface area contributed by atoms with Crippen LogP contribution in [-0.4, -0.2) is 58.0 Å². The van der Waals surface area contributed by atoms with Crippen LogP contribution in [0, 0.1) is 18.3 Å². The summed E-state index contributed by atoms with van der Waals surface area (Å²) in [4.78, 5) is 47.4. The maximum absolute atomic E-state index is 12.5. The summed E-state index contributed by atoms with van der Waals surface area (Å²) in [7, 11) is 4.77. The first-order valence-electron chi connectivity index (χ1n) is 15.5. The van der Waals surface area contributed by atoms with Crippen molar-refractivity contribution < 1.29 is 28.7 Å². The minimum absolute atomic E-state index is 0.0560. The number of hydrogen-bond donors (Lipinski definition) is 5. The molecular formula is C37H39ClN6O6. The molecule has 0 bridgehead atoms. The molecule has 4 aromatic carbocycles. The smallest absolute Gasteiger partial charge is 0.257 e. The summed E-state index contributed by atoms with van der Waals surface area (Å²) in [6, 6.07) is 26.5. The lowest BCUT2D eigenvalue weighted by Crippen LogP contribution is -2.26. The van der Waals surface area contributed by atoms with Crippen molar-refractivity contribution >= 4 is 40.9 Å². The molecule has 4 aromatic rings. The molecule has 50 heavy (non-hydrogen) atoms. The van der Waals surface area contributed by atoms with E-state index in [1.807, 2.05) is 49.4 Å². The number of carbonyl (C=O) groups is 4. The first kappa shape index (κ1) is 38.4. The molecule has 0 aliphatic carbocycles. The lowest BCUT2D eigenvalue weighted by molar-refractivity contribution is -0.123. The van der Waals surface area contributed by atoms with E-state index in [-0.39, 0.29) is 43.4 Å². The number of carbonyl (C=O) groups excluding carboxylic acids is 4. The van der Waals surface area contributed by atoms with Crippen LogP contribution in [0.1, 0.15) is 43.0 Å². The Hall–Kier alpha value is -6.06. The highest BCUT2D eigenvalue weighted by Gasteiger charge is 2.14. The predicted molar refractivity (Wildman–Crippen MR) is 191 cm³/mol. The van der Waals surface area contributed by atoms with Gasteiger partial charge in [-0.25, -0.2) is 0 Å². The van der Waals surface area contributed by atoms with E-state index in [9.17, 15) is 19.2 Å². The van der Waals surface area contributed by atoms with E-state index < -0.39 is 0 Å². The van der Waals surface area contributed by atoms with Crippen LogP contribution >= 0.6 is 11.6 Å². The van der Waals surface area contributed by atoms with Crippen LogP contribution in [0.5, 0.6) is 11.5 Å². The summed E-state index contributed by atoms with van der Waals surface area (Å²) in [5, 5.41) is 23.1. The monoisotopic (exact) mass is 698 g/mol. The Labute approximate surface area is 296 Å². The Kier molecular flexibility index (Phi) is 15.1. The minimum Gasteiger partial charge on any atom is -0.483 e. The van der Waals surface area contributed by atoms with Crippen molar-refractivity contribution in [2.75, 3.05) is 39.7 Å². The number of nitriles is 1. The molecule has 260 valence electrons. The molecule has 4 rings (SSSR count). The molecule has 0 fully saturated rings. The van der Waals surface area contributed by atoms with E-state index in [2.05, 4.69) is 26.6 Å². The number of nitrogens with zero attached hydrogens (tertiary/aromatic N) is 1. The molecule has 0 aliphatic heterocycles. The quantitative estimate of drug-likeness (QED) is 0.137. The summed E-state index contributed by atoms with van der Waals surface area (Å²) < 4.78 is 11.0. The fourth-order valence-electron chi connectivity index (χ4n) is 4.34. The lowest BCUT2D eigenvalue weighted by atomic mass is 10.1. The van der Waals surface area contributed by atoms with E-state index in [0.717, 1.165) is 11.1 Å². The number of aryl methyl sites for hydroxylation is 1. The third-order valence-corrected chi connectivity index (χ3v) is 7.34. The molecule has 4 amide bonds. The Morgan fingerprint density at radius 1 is 0.720 bits per heavy atom. The number of nitrogens with one attached hydrogen (secondary N) is 5. The zero-order valence-electron chi connectivity index (χ0n) is 28.2. The normalized spacial score (nSPS) is 9.92. The molecule has 0 saturated carbocycles. The summed E-state index contributed by atoms with van der Waals surface area (Å²) in [6.07, 6.45) is 0. The maximum atomic E-state index is 12.5. The van der Waals surface area contributed by atoms with Crippen molar-refractivity contribution in [2.24, 2.45) is 0 Å². The first-order valence-corrected chi connectivity index (χ1v) is 15.8. The van der Waals surface area contributed by atoms with Crippen LogP contribution in [-0.2, 0) is 22.7 Å². The largest absolute Gasteiger partial charge is 0.483 e. The molecule has 12 nitrogen and oxygen atoms in total. The summed E-state index contributed by atoms with van der Waals surface area (Å²) in [5.74, 6) is -0.0116. The number of rotatable bonds is 13. The molecule has 0 unspecified atom stereocenters. The van der Waals surface area contributed by atoms with Gasteiger partial charge in [0.1, 0.15) is 11.5 Å². The third-order valence-electron chi connectivity index (χ3n) is 7.10. The van der Waals surface area contributed by atoms with Gasteiger partial charge < -0.3 is 36.1 Å². The number of ether oxygens (including phenoxy) is 2. The van der Waals surface area contributed by atoms with Gasteiger partial charge in [-0.15, -0.1) is 0 Å². The van der Waals surface area contributed by atoms with Crippen molar-refractivity contribution in [1.82, 2.24) is 21.3 Å². The molecule has 0 atom stereocenters. The fourth-order valence-corrected chi connectivity index (χ4v) is 4.51. The van der Waals surface area contributed by atoms with Gasteiger partial charge >= 0.3 is 0 Å². The highest BCUT2D eigenvalue weighted by Crippen LogP contribution is 2.23. The average Bonchev–Trinajstić information content (AvgIpc) is 3.15. The van der Waals surface area contributed by atoms with Crippen molar-refractivity contribution in [3.05, 3.63) is 123 Å². The van der Waals surface area contributed by atoms with E-state index in [1.165, 1.54) is 13.1 Å². The van der Waals surface area contributed by atoms with Crippen molar-refractivity contribution in [3.63, 3.8) is 0 Å². The number of likely N-dealkylation sites (N-methyl/N-ethyl adjacent to an activating group) is 2. The Bertz CT molecular complexity index is 1840. The van der Waals surface area contributed by atoms with Gasteiger partial charge in [0.2, 0.25) is 0 Å². The maximum Gasteiger partial charge on any atom is 0.257 e. The molecule has 0 radical (unpaired) electrons. The number of amides is 4. The van der Waals surface area contributed by atoms with Gasteiger partial charge in [-0.05, 0) is 61.0 Å². The van der Waals surface area contributed by atoms with E-state index >= 15 is 0 Å². The van der Waals surface area contributed by atoms with Crippen LogP contribution < -0.4 is 36.1 Å². The average molecular weight is 699 g/mol. The number of anilines is 1. The second-order valence-electron chi connectivity index (χ2n) is 10.6. The Morgan fingerprint density at radius 3 is 1.88 bits per heavy atom. The standard InChI is InChI=1S/C19H19ClN4O3.C18H20N2O3/c1-22-16-6-5-14(20)8-15(16)19(26)24-10-13-4-3-12(9-21)7-17(13)27-11-18(25)23-2;1-13-8-9-15(16(10-13)23-12-17(21)19-2)11-20-18(22)14-6-4-3-5-7-14/h3-8,22H,10-11H2,1-2H3,(H,23,25)(H,24,26);3-10H,11-12H2,1-2H3,(H,19,21)(H,20,22). The zero-order valence-corrected chi connectivity index (χ0v) is 28.9. The van der Waals surface area contributed by atoms with Gasteiger partial charge in [-0.1, -0.05) is 48.0 Å². The highest BCUT2D eigenvalue weighted by molar-refractivity contribution is 6.31. The van der Waals surface area contributed by atoms with Crippen molar-refractivity contribution in [1.29, 1.82) is 5.26 Å². The molecule has 13 heteroatoms. The zero-order chi connectivity index (χ0) is 36.5. The van der Waals surface area contributed by atoms with Gasteiger partial charge in [-0.3, -0.25) is 19.2 Å². The fraction of sp³-hybridized carbons (Fsp3) is 0.216. The second kappa shape index (κ2) is 19.7. The molecule has 5 N–H and O–H groups in total. The molecule has 0 heterocycles. The predicted octanol–water partition coefficient (Wildman–Crippen LogP) is 4.36. The summed E-state index contributed by atoms with van der Waals surface area (Å²) in [5.41, 5.74) is 4.54. The molecule has 0 saturated heterocycles. The van der Waals surface area contributed by atoms with E-state index in [1.54, 1.807) is 56.6 Å². The minimum atomic E-state index is -0.316. The first-order chi connectivity index (χ1) is 24.1. The number of hydrogen-bond acceptors (Lipinski definition) is 8. The summed E-state index contributed by atoms with van der Waals surface area (Å²) in [6.45, 7) is 2.18. The molecule has 0 aliphatic rings. The number of benzene rings is 4. The topological polar surface area (TPSA) is 171 Å². The van der Waals surface area contributed by atoms with Crippen LogP contribution in [0.25, 0.3) is 0 Å². The van der Waals surface area contributed by atoms with E-state index in [0.29, 0.717) is 51.0 Å². The van der Waals surface area contributed by atoms with Gasteiger partial charge in [0.05, 0.1) is 17.2 Å². The van der Waals surface area contributed by atoms with Crippen LogP contribution in [0.4, 0.5) is 5.69 Å². The Balaban J connectivity index is 0.000000274. The SMILES string of the molecule is CNC(=O)COc1cc(C#N)ccc1CNC(=O)c1cc(Cl)ccc1NC.CNC(=O)COc1cc(C)ccc1CNC(=O)c1ccccc1. The molecule has 0 spiro atoms. The van der Waals surface area contributed by atoms with Crippen molar-refractivity contribution in [2.45, 2.75) is 20.0 Å². The third kappa shape index (κ3) is 11.9.